The van der Waals surface area contributed by atoms with E-state index in [1.165, 1.54) is 26.0 Å². The second-order valence-corrected chi connectivity index (χ2v) is 11.9. The summed E-state index contributed by atoms with van der Waals surface area (Å²) in [5.74, 6) is -4.24. The highest BCUT2D eigenvalue weighted by atomic mass is 19.4. The Balaban J connectivity index is 1.57. The Morgan fingerprint density at radius 1 is 0.840 bits per heavy atom. The lowest BCUT2D eigenvalue weighted by Crippen LogP contribution is -2.32. The quantitative estimate of drug-likeness (QED) is 0.258. The fourth-order valence-corrected chi connectivity index (χ4v) is 6.05. The van der Waals surface area contributed by atoms with Crippen LogP contribution in [-0.4, -0.2) is 28.1 Å². The number of hydrogen-bond donors (Lipinski definition) is 1. The number of benzene rings is 3. The average Bonchev–Trinajstić information content (AvgIpc) is 3.28. The molecule has 16 heteroatoms. The Morgan fingerprint density at radius 3 is 1.98 bits per heavy atom. The number of carboxylic acids is 1. The Kier molecular flexibility index (Phi) is 9.30. The summed E-state index contributed by atoms with van der Waals surface area (Å²) < 4.78 is 158. The fourth-order valence-electron chi connectivity index (χ4n) is 6.05. The molecule has 0 bridgehead atoms. The number of carboxylic acid groups (broad SMARTS) is 1. The predicted octanol–water partition coefficient (Wildman–Crippen LogP) is 10.2. The largest absolute Gasteiger partial charge is 0.478 e. The second kappa shape index (κ2) is 12.8. The molecule has 0 saturated carbocycles. The third-order valence-electron chi connectivity index (χ3n) is 8.61. The Hall–Kier alpha value is -4.89. The van der Waals surface area contributed by atoms with E-state index in [1.54, 1.807) is 0 Å². The third kappa shape index (κ3) is 7.19. The van der Waals surface area contributed by atoms with Crippen LogP contribution in [0, 0.1) is 11.6 Å². The van der Waals surface area contributed by atoms with Gasteiger partial charge in [-0.15, -0.1) is 0 Å². The van der Waals surface area contributed by atoms with Crippen molar-refractivity contribution in [1.82, 2.24) is 4.90 Å². The van der Waals surface area contributed by atoms with Gasteiger partial charge in [0.25, 0.3) is 0 Å². The van der Waals surface area contributed by atoms with Crippen LogP contribution in [0.15, 0.2) is 71.8 Å². The Bertz CT molecular complexity index is 1890. The summed E-state index contributed by atoms with van der Waals surface area (Å²) in [4.78, 5) is 25.2. The van der Waals surface area contributed by atoms with Gasteiger partial charge in [0.15, 0.2) is 0 Å². The number of nitrogens with zero attached hydrogens (tertiary/aromatic N) is 1. The predicted molar refractivity (Wildman–Crippen MR) is 154 cm³/mol. The molecule has 1 N–H and O–H groups in total. The number of alkyl halides is 9. The van der Waals surface area contributed by atoms with Crippen molar-refractivity contribution in [3.05, 3.63) is 117 Å². The number of carbonyl (C=O) groups is 2. The first-order valence-electron chi connectivity index (χ1n) is 14.6. The number of halogens is 11. The molecule has 3 atom stereocenters. The molecule has 1 amide bonds. The Morgan fingerprint density at radius 2 is 1.44 bits per heavy atom. The minimum Gasteiger partial charge on any atom is -0.478 e. The van der Waals surface area contributed by atoms with Gasteiger partial charge in [-0.1, -0.05) is 17.7 Å². The van der Waals surface area contributed by atoms with Gasteiger partial charge in [0, 0.05) is 17.5 Å². The lowest BCUT2D eigenvalue weighted by molar-refractivity contribution is -0.143. The number of carbonyl (C=O) groups excluding carboxylic acids is 1. The van der Waals surface area contributed by atoms with Gasteiger partial charge >= 0.3 is 30.6 Å². The summed E-state index contributed by atoms with van der Waals surface area (Å²) in [6.07, 6.45) is -15.8. The topological polar surface area (TPSA) is 66.8 Å². The smallest absolute Gasteiger partial charge is 0.416 e. The highest BCUT2D eigenvalue weighted by Crippen LogP contribution is 2.43. The van der Waals surface area contributed by atoms with Gasteiger partial charge in [0.05, 0.1) is 34.9 Å². The highest BCUT2D eigenvalue weighted by Gasteiger charge is 2.44. The summed E-state index contributed by atoms with van der Waals surface area (Å²) in [6, 6.07) is 2.93. The molecule has 1 aliphatic carbocycles. The highest BCUT2D eigenvalue weighted by molar-refractivity contribution is 5.90. The normalized spacial score (nSPS) is 20.1. The molecule has 50 heavy (non-hydrogen) atoms. The summed E-state index contributed by atoms with van der Waals surface area (Å²) in [6.45, 7) is 1.94. The van der Waals surface area contributed by atoms with E-state index < -0.39 is 94.7 Å². The zero-order valence-electron chi connectivity index (χ0n) is 25.7. The van der Waals surface area contributed by atoms with Crippen LogP contribution in [0.5, 0.6) is 0 Å². The van der Waals surface area contributed by atoms with Crippen LogP contribution < -0.4 is 0 Å². The van der Waals surface area contributed by atoms with Crippen LogP contribution in [0.1, 0.15) is 65.7 Å². The van der Waals surface area contributed by atoms with Crippen LogP contribution in [0.3, 0.4) is 0 Å². The number of aliphatic carboxylic acids is 1. The van der Waals surface area contributed by atoms with E-state index in [0.717, 1.165) is 17.0 Å². The van der Waals surface area contributed by atoms with Gasteiger partial charge in [-0.25, -0.2) is 18.4 Å². The molecule has 1 unspecified atom stereocenters. The molecule has 1 fully saturated rings. The van der Waals surface area contributed by atoms with Crippen LogP contribution in [0.2, 0.25) is 0 Å². The van der Waals surface area contributed by atoms with Crippen molar-refractivity contribution in [3.63, 3.8) is 0 Å². The van der Waals surface area contributed by atoms with E-state index >= 15 is 8.78 Å². The maximum Gasteiger partial charge on any atom is 0.416 e. The minimum absolute atomic E-state index is 0.00403. The van der Waals surface area contributed by atoms with E-state index in [-0.39, 0.29) is 34.8 Å². The van der Waals surface area contributed by atoms with Crippen molar-refractivity contribution in [3.8, 4) is 11.1 Å². The lowest BCUT2D eigenvalue weighted by atomic mass is 9.82. The molecular weight excluding hydrogens is 695 g/mol. The van der Waals surface area contributed by atoms with Crippen LogP contribution in [0.4, 0.5) is 53.1 Å². The number of amides is 1. The molecule has 1 heterocycles. The molecular formula is C34H24F11NO4. The molecule has 2 aliphatic rings. The maximum atomic E-state index is 15.4. The van der Waals surface area contributed by atoms with E-state index in [2.05, 4.69) is 0 Å². The summed E-state index contributed by atoms with van der Waals surface area (Å²) >= 11 is 0. The van der Waals surface area contributed by atoms with Gasteiger partial charge in [0.1, 0.15) is 17.7 Å². The minimum atomic E-state index is -5.21. The zero-order valence-corrected chi connectivity index (χ0v) is 25.7. The van der Waals surface area contributed by atoms with E-state index in [0.29, 0.717) is 35.9 Å². The first kappa shape index (κ1) is 36.4. The van der Waals surface area contributed by atoms with E-state index in [9.17, 15) is 54.2 Å². The van der Waals surface area contributed by atoms with Crippen molar-refractivity contribution in [2.45, 2.75) is 63.4 Å². The molecule has 1 aliphatic heterocycles. The number of rotatable bonds is 6. The van der Waals surface area contributed by atoms with Gasteiger partial charge < -0.3 is 9.84 Å². The molecule has 0 aromatic heterocycles. The van der Waals surface area contributed by atoms with Crippen molar-refractivity contribution < 1.29 is 67.7 Å². The molecule has 0 radical (unpaired) electrons. The third-order valence-corrected chi connectivity index (χ3v) is 8.61. The van der Waals surface area contributed by atoms with Crippen molar-refractivity contribution >= 4 is 12.1 Å². The number of hydrogen-bond acceptors (Lipinski definition) is 3. The summed E-state index contributed by atoms with van der Waals surface area (Å²) in [7, 11) is 0. The molecule has 5 nitrogen and oxygen atoms in total. The average molecular weight is 720 g/mol. The zero-order chi connectivity index (χ0) is 37.1. The maximum absolute atomic E-state index is 15.4. The monoisotopic (exact) mass is 719 g/mol. The molecule has 5 rings (SSSR count). The first-order chi connectivity index (χ1) is 23.1. The first-order valence-corrected chi connectivity index (χ1v) is 14.6. The molecule has 1 saturated heterocycles. The molecule has 0 spiro atoms. The molecule has 3 aromatic carbocycles. The van der Waals surface area contributed by atoms with Gasteiger partial charge in [0.2, 0.25) is 0 Å². The van der Waals surface area contributed by atoms with E-state index in [4.69, 9.17) is 4.74 Å². The number of allylic oxidation sites excluding steroid dienone is 2. The van der Waals surface area contributed by atoms with Crippen LogP contribution >= 0.6 is 0 Å². The van der Waals surface area contributed by atoms with Crippen LogP contribution in [-0.2, 0) is 34.6 Å². The lowest BCUT2D eigenvalue weighted by Gasteiger charge is -2.25. The fraction of sp³-hybridized carbons (Fsp3) is 0.294. The SMILES string of the molecule is CC1=CC(C(=O)O)=CCC1c1cc(-c2ccc(C(F)(F)F)cc2CN2C(=O)O[C@H](c3cc(C(F)(F)F)cc(C(F)(F)F)c3)[C@@H]2C)c(F)cc1F. The summed E-state index contributed by atoms with van der Waals surface area (Å²) in [5, 5.41) is 9.29. The second-order valence-electron chi connectivity index (χ2n) is 11.9. The summed E-state index contributed by atoms with van der Waals surface area (Å²) in [5.41, 5.74) is -6.02. The Labute approximate surface area is 276 Å². The van der Waals surface area contributed by atoms with Crippen molar-refractivity contribution in [2.75, 3.05) is 0 Å². The van der Waals surface area contributed by atoms with Gasteiger partial charge in [-0.3, -0.25) is 4.90 Å². The molecule has 3 aromatic rings. The number of ether oxygens (including phenoxy) is 1. The van der Waals surface area contributed by atoms with Crippen molar-refractivity contribution in [1.29, 1.82) is 0 Å². The van der Waals surface area contributed by atoms with E-state index in [1.807, 2.05) is 0 Å². The van der Waals surface area contributed by atoms with Crippen LogP contribution in [0.25, 0.3) is 11.1 Å². The van der Waals surface area contributed by atoms with Gasteiger partial charge in [-0.05, 0) is 85.0 Å². The van der Waals surface area contributed by atoms with Gasteiger partial charge in [-0.2, -0.15) is 39.5 Å². The number of cyclic esters (lactones) is 1. The standard InChI is InChI=1S/C34H24F11NO4/c1-15-7-17(30(47)48)3-5-23(15)25-12-26(28(36)13-27(25)35)24-6-4-20(32(37,38)39)10-19(24)14-46-16(2)29(50-31(46)49)18-8-21(33(40,41)42)11-22(9-18)34(43,44)45/h3-4,6-13,16,23,29H,5,14H2,1-2H3,(H,47,48)/t16-,23?,29-/m0/s1. The van der Waals surface area contributed by atoms with Crippen molar-refractivity contribution in [2.24, 2.45) is 0 Å². The molecule has 266 valence electrons.